The highest BCUT2D eigenvalue weighted by Gasteiger charge is 2.48. The lowest BCUT2D eigenvalue weighted by Crippen LogP contribution is -2.42. The zero-order valence-electron chi connectivity index (χ0n) is 14.3. The van der Waals surface area contributed by atoms with E-state index >= 15 is 0 Å². The van der Waals surface area contributed by atoms with Crippen molar-refractivity contribution < 1.29 is 19.1 Å². The van der Waals surface area contributed by atoms with Crippen LogP contribution >= 0.6 is 0 Å². The number of fused-ring (bicyclic) bond motifs is 2. The quantitative estimate of drug-likeness (QED) is 0.743. The normalized spacial score (nSPS) is 32.6. The molecular weight excluding hydrogens is 292 g/mol. The molecule has 2 aliphatic carbocycles. The number of carbonyl (C=O) groups excluding carboxylic acids is 2. The van der Waals surface area contributed by atoms with Crippen LogP contribution in [0.2, 0.25) is 0 Å². The third-order valence-electron chi connectivity index (χ3n) is 5.66. The molecule has 0 saturated carbocycles. The fourth-order valence-corrected chi connectivity index (χ4v) is 3.91. The van der Waals surface area contributed by atoms with E-state index in [4.69, 9.17) is 9.47 Å². The Morgan fingerprint density at radius 2 is 2.17 bits per heavy atom. The third kappa shape index (κ3) is 2.44. The van der Waals surface area contributed by atoms with Crippen LogP contribution in [0.15, 0.2) is 34.6 Å². The predicted octanol–water partition coefficient (Wildman–Crippen LogP) is 3.83. The molecule has 0 amide bonds. The van der Waals surface area contributed by atoms with Gasteiger partial charge in [-0.1, -0.05) is 33.8 Å². The van der Waals surface area contributed by atoms with E-state index in [1.807, 2.05) is 19.9 Å². The van der Waals surface area contributed by atoms with Crippen molar-refractivity contribution in [2.75, 3.05) is 0 Å². The van der Waals surface area contributed by atoms with Gasteiger partial charge in [-0.3, -0.25) is 4.79 Å². The number of allylic oxidation sites excluding steroid dienone is 3. The Kier molecular flexibility index (Phi) is 3.95. The van der Waals surface area contributed by atoms with E-state index in [2.05, 4.69) is 19.9 Å². The maximum atomic E-state index is 12.0. The summed E-state index contributed by atoms with van der Waals surface area (Å²) in [6, 6.07) is 0. The number of hydrogen-bond donors (Lipinski definition) is 0. The second-order valence-corrected chi connectivity index (χ2v) is 6.87. The lowest BCUT2D eigenvalue weighted by Gasteiger charge is -2.46. The third-order valence-corrected chi connectivity index (χ3v) is 5.66. The molecule has 1 heterocycles. The Morgan fingerprint density at radius 3 is 2.83 bits per heavy atom. The Balaban J connectivity index is 1.97. The molecule has 0 aromatic carbocycles. The molecule has 0 bridgehead atoms. The molecule has 1 aliphatic heterocycles. The highest BCUT2D eigenvalue weighted by atomic mass is 16.5. The zero-order valence-corrected chi connectivity index (χ0v) is 14.3. The lowest BCUT2D eigenvalue weighted by atomic mass is 9.60. The van der Waals surface area contributed by atoms with E-state index in [-0.39, 0.29) is 29.4 Å². The standard InChI is InChI=1S/C19H24O4/c1-5-13-14-10-19(4)11(3)15(22-17(20)6-2)8-7-12(19)9-16(14)23-18(13)21/h7,9,11,15H,5-6,8,10H2,1-4H3/t11-,15-,19+/m0/s1. The Morgan fingerprint density at radius 1 is 1.43 bits per heavy atom. The van der Waals surface area contributed by atoms with Gasteiger partial charge in [0.1, 0.15) is 11.9 Å². The van der Waals surface area contributed by atoms with E-state index in [9.17, 15) is 9.59 Å². The van der Waals surface area contributed by atoms with Crippen molar-refractivity contribution in [1.29, 1.82) is 0 Å². The van der Waals surface area contributed by atoms with Crippen LogP contribution in [0, 0.1) is 11.3 Å². The van der Waals surface area contributed by atoms with Crippen molar-refractivity contribution in [3.8, 4) is 0 Å². The van der Waals surface area contributed by atoms with Crippen molar-refractivity contribution in [2.45, 2.75) is 59.5 Å². The van der Waals surface area contributed by atoms with E-state index in [0.29, 0.717) is 18.6 Å². The van der Waals surface area contributed by atoms with Gasteiger partial charge in [0.15, 0.2) is 0 Å². The van der Waals surface area contributed by atoms with E-state index < -0.39 is 0 Å². The Bertz CT molecular complexity index is 652. The van der Waals surface area contributed by atoms with E-state index in [1.165, 1.54) is 5.57 Å². The first-order chi connectivity index (χ1) is 10.9. The van der Waals surface area contributed by atoms with Gasteiger partial charge in [-0.25, -0.2) is 4.79 Å². The van der Waals surface area contributed by atoms with Gasteiger partial charge in [-0.05, 0) is 24.5 Å². The lowest BCUT2D eigenvalue weighted by molar-refractivity contribution is -0.153. The summed E-state index contributed by atoms with van der Waals surface area (Å²) < 4.78 is 11.1. The van der Waals surface area contributed by atoms with Crippen LogP contribution < -0.4 is 0 Å². The minimum Gasteiger partial charge on any atom is -0.462 e. The largest absolute Gasteiger partial charge is 0.462 e. The molecule has 0 N–H and O–H groups in total. The average molecular weight is 316 g/mol. The molecule has 3 aliphatic rings. The van der Waals surface area contributed by atoms with Crippen LogP contribution in [0.5, 0.6) is 0 Å². The summed E-state index contributed by atoms with van der Waals surface area (Å²) >= 11 is 0. The van der Waals surface area contributed by atoms with E-state index in [1.54, 1.807) is 0 Å². The zero-order chi connectivity index (χ0) is 16.8. The van der Waals surface area contributed by atoms with Gasteiger partial charge >= 0.3 is 11.9 Å². The van der Waals surface area contributed by atoms with Crippen LogP contribution in [0.25, 0.3) is 0 Å². The van der Waals surface area contributed by atoms with Gasteiger partial charge < -0.3 is 9.47 Å². The highest BCUT2D eigenvalue weighted by molar-refractivity contribution is 5.95. The summed E-state index contributed by atoms with van der Waals surface area (Å²) in [5, 5.41) is 0. The Hall–Kier alpha value is -1.84. The molecule has 4 heteroatoms. The second kappa shape index (κ2) is 5.66. The molecule has 0 fully saturated rings. The van der Waals surface area contributed by atoms with Gasteiger partial charge in [0, 0.05) is 35.3 Å². The molecule has 3 atom stereocenters. The maximum absolute atomic E-state index is 12.0. The van der Waals surface area contributed by atoms with Crippen LogP contribution in [0.1, 0.15) is 53.4 Å². The summed E-state index contributed by atoms with van der Waals surface area (Å²) in [6.45, 7) is 8.14. The first kappa shape index (κ1) is 16.0. The summed E-state index contributed by atoms with van der Waals surface area (Å²) in [4.78, 5) is 23.7. The SMILES string of the molecule is CCC(=O)O[C@H]1CC=C2C=C3OC(=O)C(CC)=C3C[C@]2(C)[C@H]1C. The first-order valence-corrected chi connectivity index (χ1v) is 8.47. The number of rotatable bonds is 3. The maximum Gasteiger partial charge on any atom is 0.339 e. The monoisotopic (exact) mass is 316 g/mol. The molecule has 0 aromatic rings. The summed E-state index contributed by atoms with van der Waals surface area (Å²) in [5.74, 6) is 0.546. The molecule has 124 valence electrons. The molecule has 0 unspecified atom stereocenters. The van der Waals surface area contributed by atoms with Crippen molar-refractivity contribution in [3.63, 3.8) is 0 Å². The van der Waals surface area contributed by atoms with Gasteiger partial charge in [0.25, 0.3) is 0 Å². The minimum absolute atomic E-state index is 0.102. The fourth-order valence-electron chi connectivity index (χ4n) is 3.91. The molecule has 3 rings (SSSR count). The van der Waals surface area contributed by atoms with Crippen molar-refractivity contribution >= 4 is 11.9 Å². The predicted molar refractivity (Wildman–Crippen MR) is 86.3 cm³/mol. The van der Waals surface area contributed by atoms with Gasteiger partial charge in [0.2, 0.25) is 0 Å². The van der Waals surface area contributed by atoms with Crippen LogP contribution in [0.3, 0.4) is 0 Å². The molecule has 0 saturated heterocycles. The number of ether oxygens (including phenoxy) is 2. The fraction of sp³-hybridized carbons (Fsp3) is 0.579. The van der Waals surface area contributed by atoms with E-state index in [0.717, 1.165) is 24.0 Å². The number of hydrogen-bond acceptors (Lipinski definition) is 4. The van der Waals surface area contributed by atoms with Crippen LogP contribution in [0.4, 0.5) is 0 Å². The summed E-state index contributed by atoms with van der Waals surface area (Å²) in [7, 11) is 0. The minimum atomic E-state index is -0.210. The van der Waals surface area contributed by atoms with Gasteiger partial charge in [0.05, 0.1) is 0 Å². The first-order valence-electron chi connectivity index (χ1n) is 8.47. The molecule has 23 heavy (non-hydrogen) atoms. The highest BCUT2D eigenvalue weighted by Crippen LogP contribution is 2.54. The van der Waals surface area contributed by atoms with Gasteiger partial charge in [-0.15, -0.1) is 0 Å². The molecule has 0 radical (unpaired) electrons. The summed E-state index contributed by atoms with van der Waals surface area (Å²) in [6.07, 6.45) is 6.60. The van der Waals surface area contributed by atoms with Crippen LogP contribution in [-0.2, 0) is 19.1 Å². The van der Waals surface area contributed by atoms with Crippen molar-refractivity contribution in [2.24, 2.45) is 11.3 Å². The Labute approximate surface area is 137 Å². The number of carbonyl (C=O) groups is 2. The molecule has 0 spiro atoms. The van der Waals surface area contributed by atoms with Crippen LogP contribution in [-0.4, -0.2) is 18.0 Å². The average Bonchev–Trinajstić information content (AvgIpc) is 2.82. The second-order valence-electron chi connectivity index (χ2n) is 6.87. The smallest absolute Gasteiger partial charge is 0.339 e. The molecule has 4 nitrogen and oxygen atoms in total. The van der Waals surface area contributed by atoms with Crippen molar-refractivity contribution in [3.05, 3.63) is 34.6 Å². The molecule has 0 aromatic heterocycles. The van der Waals surface area contributed by atoms with Crippen molar-refractivity contribution in [1.82, 2.24) is 0 Å². The van der Waals surface area contributed by atoms with Gasteiger partial charge in [-0.2, -0.15) is 0 Å². The topological polar surface area (TPSA) is 52.6 Å². The molecular formula is C19H24O4. The summed E-state index contributed by atoms with van der Waals surface area (Å²) in [5.41, 5.74) is 2.88. The number of esters is 2.